The van der Waals surface area contributed by atoms with Gasteiger partial charge in [0.1, 0.15) is 23.9 Å². The Morgan fingerprint density at radius 2 is 2.04 bits per heavy atom. The average molecular weight is 326 g/mol. The second-order valence-corrected chi connectivity index (χ2v) is 6.49. The van der Waals surface area contributed by atoms with Crippen molar-refractivity contribution in [3.63, 3.8) is 0 Å². The summed E-state index contributed by atoms with van der Waals surface area (Å²) in [6.45, 7) is 0.436. The summed E-state index contributed by atoms with van der Waals surface area (Å²) in [4.78, 5) is 19.0. The fourth-order valence-electron chi connectivity index (χ4n) is 3.96. The van der Waals surface area contributed by atoms with Crippen LogP contribution in [0.15, 0.2) is 48.7 Å². The maximum absolute atomic E-state index is 13.0. The third-order valence-corrected chi connectivity index (χ3v) is 5.09. The standard InChI is InChI=1S/C19H19FN2O2/c20-14-5-8-16(9-6-14)24-12-18-13-4-7-15(11-13)22(18)19(23)17-3-1-2-10-21-17/h1-3,5-6,8-10,13,15,18H,4,7,11-12H2/t13-,15-,18-/m1/s1. The highest BCUT2D eigenvalue weighted by Gasteiger charge is 2.48. The van der Waals surface area contributed by atoms with E-state index in [0.717, 1.165) is 19.3 Å². The van der Waals surface area contributed by atoms with Gasteiger partial charge in [-0.25, -0.2) is 4.39 Å². The summed E-state index contributed by atoms with van der Waals surface area (Å²) < 4.78 is 18.8. The third-order valence-electron chi connectivity index (χ3n) is 5.09. The molecule has 2 heterocycles. The number of piperidine rings is 1. The van der Waals surface area contributed by atoms with E-state index in [4.69, 9.17) is 4.74 Å². The molecule has 2 aromatic rings. The molecular weight excluding hydrogens is 307 g/mol. The molecule has 4 rings (SSSR count). The zero-order valence-electron chi connectivity index (χ0n) is 13.3. The van der Waals surface area contributed by atoms with Crippen molar-refractivity contribution in [3.8, 4) is 5.75 Å². The zero-order valence-corrected chi connectivity index (χ0v) is 13.3. The lowest BCUT2D eigenvalue weighted by atomic mass is 9.99. The molecular formula is C19H19FN2O2. The van der Waals surface area contributed by atoms with Gasteiger partial charge in [0.2, 0.25) is 0 Å². The predicted octanol–water partition coefficient (Wildman–Crippen LogP) is 3.29. The van der Waals surface area contributed by atoms with Gasteiger partial charge < -0.3 is 9.64 Å². The molecule has 1 amide bonds. The molecule has 1 saturated heterocycles. The molecule has 2 fully saturated rings. The molecule has 2 bridgehead atoms. The van der Waals surface area contributed by atoms with E-state index in [9.17, 15) is 9.18 Å². The number of carbonyl (C=O) groups is 1. The molecule has 4 nitrogen and oxygen atoms in total. The topological polar surface area (TPSA) is 42.4 Å². The molecule has 1 aromatic heterocycles. The number of nitrogens with zero attached hydrogens (tertiary/aromatic N) is 2. The molecule has 2 aliphatic rings. The maximum atomic E-state index is 13.0. The first kappa shape index (κ1) is 15.1. The molecule has 5 heteroatoms. The normalized spacial score (nSPS) is 25.0. The minimum atomic E-state index is -0.283. The van der Waals surface area contributed by atoms with Crippen LogP contribution in [0.2, 0.25) is 0 Å². The number of halogens is 1. The quantitative estimate of drug-likeness (QED) is 0.866. The van der Waals surface area contributed by atoms with Crippen LogP contribution in [-0.2, 0) is 0 Å². The van der Waals surface area contributed by atoms with Gasteiger partial charge >= 0.3 is 0 Å². The van der Waals surface area contributed by atoms with Crippen LogP contribution in [0.5, 0.6) is 5.75 Å². The largest absolute Gasteiger partial charge is 0.491 e. The first-order chi connectivity index (χ1) is 11.7. The van der Waals surface area contributed by atoms with Crippen molar-refractivity contribution in [2.75, 3.05) is 6.61 Å². The Bertz CT molecular complexity index is 720. The minimum absolute atomic E-state index is 0.0180. The van der Waals surface area contributed by atoms with Crippen LogP contribution in [-0.4, -0.2) is 34.5 Å². The lowest BCUT2D eigenvalue weighted by molar-refractivity contribution is 0.0500. The molecule has 124 valence electrons. The summed E-state index contributed by atoms with van der Waals surface area (Å²) in [5, 5.41) is 0. The Morgan fingerprint density at radius 1 is 1.21 bits per heavy atom. The van der Waals surface area contributed by atoms with Crippen LogP contribution in [0.1, 0.15) is 29.8 Å². The number of aromatic nitrogens is 1. The number of ether oxygens (including phenoxy) is 1. The number of benzene rings is 1. The van der Waals surface area contributed by atoms with Gasteiger partial charge in [-0.15, -0.1) is 0 Å². The van der Waals surface area contributed by atoms with Gasteiger partial charge in [0.15, 0.2) is 0 Å². The summed E-state index contributed by atoms with van der Waals surface area (Å²) >= 11 is 0. The first-order valence-corrected chi connectivity index (χ1v) is 8.34. The van der Waals surface area contributed by atoms with Gasteiger partial charge in [-0.05, 0) is 61.6 Å². The van der Waals surface area contributed by atoms with Gasteiger partial charge in [0.25, 0.3) is 5.91 Å². The van der Waals surface area contributed by atoms with Gasteiger partial charge in [0.05, 0.1) is 6.04 Å². The van der Waals surface area contributed by atoms with Crippen LogP contribution in [0, 0.1) is 11.7 Å². The summed E-state index contributed by atoms with van der Waals surface area (Å²) in [5.74, 6) is 0.803. The highest BCUT2D eigenvalue weighted by Crippen LogP contribution is 2.43. The van der Waals surface area contributed by atoms with Crippen LogP contribution >= 0.6 is 0 Å². The van der Waals surface area contributed by atoms with Crippen LogP contribution in [0.3, 0.4) is 0 Å². The number of pyridine rings is 1. The molecule has 1 aromatic carbocycles. The molecule has 24 heavy (non-hydrogen) atoms. The van der Waals surface area contributed by atoms with Crippen molar-refractivity contribution in [1.29, 1.82) is 0 Å². The Labute approximate surface area is 140 Å². The second-order valence-electron chi connectivity index (χ2n) is 6.49. The fourth-order valence-corrected chi connectivity index (χ4v) is 3.96. The number of likely N-dealkylation sites (tertiary alicyclic amines) is 1. The molecule has 1 saturated carbocycles. The van der Waals surface area contributed by atoms with E-state index < -0.39 is 0 Å². The predicted molar refractivity (Wildman–Crippen MR) is 87.2 cm³/mol. The van der Waals surface area contributed by atoms with Crippen molar-refractivity contribution in [2.45, 2.75) is 31.3 Å². The monoisotopic (exact) mass is 326 g/mol. The number of rotatable bonds is 4. The summed E-state index contributed by atoms with van der Waals surface area (Å²) in [5.41, 5.74) is 0.483. The maximum Gasteiger partial charge on any atom is 0.273 e. The van der Waals surface area contributed by atoms with E-state index in [1.807, 2.05) is 17.0 Å². The van der Waals surface area contributed by atoms with E-state index in [0.29, 0.717) is 24.0 Å². The van der Waals surface area contributed by atoms with Gasteiger partial charge in [0, 0.05) is 12.2 Å². The van der Waals surface area contributed by atoms with Gasteiger partial charge in [-0.1, -0.05) is 6.07 Å². The summed E-state index contributed by atoms with van der Waals surface area (Å²) in [6, 6.07) is 11.7. The number of hydrogen-bond donors (Lipinski definition) is 0. The molecule has 0 radical (unpaired) electrons. The van der Waals surface area contributed by atoms with E-state index in [-0.39, 0.29) is 23.8 Å². The highest BCUT2D eigenvalue weighted by atomic mass is 19.1. The van der Waals surface area contributed by atoms with E-state index in [2.05, 4.69) is 4.98 Å². The summed E-state index contributed by atoms with van der Waals surface area (Å²) in [7, 11) is 0. The molecule has 0 spiro atoms. The number of hydrogen-bond acceptors (Lipinski definition) is 3. The highest BCUT2D eigenvalue weighted by molar-refractivity contribution is 5.93. The second kappa shape index (κ2) is 6.23. The number of amides is 1. The third kappa shape index (κ3) is 2.75. The molecule has 1 aliphatic heterocycles. The zero-order chi connectivity index (χ0) is 16.5. The Morgan fingerprint density at radius 3 is 2.79 bits per heavy atom. The molecule has 0 unspecified atom stereocenters. The van der Waals surface area contributed by atoms with Crippen molar-refractivity contribution in [3.05, 3.63) is 60.2 Å². The molecule has 1 aliphatic carbocycles. The van der Waals surface area contributed by atoms with E-state index in [1.165, 1.54) is 12.1 Å². The minimum Gasteiger partial charge on any atom is -0.491 e. The summed E-state index contributed by atoms with van der Waals surface area (Å²) in [6.07, 6.45) is 4.87. The van der Waals surface area contributed by atoms with Gasteiger partial charge in [-0.3, -0.25) is 9.78 Å². The van der Waals surface area contributed by atoms with Crippen molar-refractivity contribution >= 4 is 5.91 Å². The van der Waals surface area contributed by atoms with Crippen LogP contribution in [0.4, 0.5) is 4.39 Å². The number of carbonyl (C=O) groups excluding carboxylic acids is 1. The smallest absolute Gasteiger partial charge is 0.273 e. The molecule has 0 N–H and O–H groups in total. The first-order valence-electron chi connectivity index (χ1n) is 8.34. The van der Waals surface area contributed by atoms with Crippen LogP contribution in [0.25, 0.3) is 0 Å². The lowest BCUT2D eigenvalue weighted by Gasteiger charge is -2.35. The Kier molecular flexibility index (Phi) is 3.92. The van der Waals surface area contributed by atoms with Crippen LogP contribution < -0.4 is 4.74 Å². The van der Waals surface area contributed by atoms with Crippen molar-refractivity contribution in [1.82, 2.24) is 9.88 Å². The Hall–Kier alpha value is -2.43. The lowest BCUT2D eigenvalue weighted by Crippen LogP contribution is -2.48. The van der Waals surface area contributed by atoms with Crippen molar-refractivity contribution < 1.29 is 13.9 Å². The van der Waals surface area contributed by atoms with E-state index in [1.54, 1.807) is 24.4 Å². The molecule has 3 atom stereocenters. The van der Waals surface area contributed by atoms with E-state index >= 15 is 0 Å². The van der Waals surface area contributed by atoms with Crippen molar-refractivity contribution in [2.24, 2.45) is 5.92 Å². The fraction of sp³-hybridized carbons (Fsp3) is 0.368. The SMILES string of the molecule is O=C(c1ccccn1)N1[C@@H]2CC[C@H](C2)[C@H]1COc1ccc(F)cc1. The average Bonchev–Trinajstić information content (AvgIpc) is 3.23. The number of fused-ring (bicyclic) bond motifs is 2. The Balaban J connectivity index is 1.50. The van der Waals surface area contributed by atoms with Gasteiger partial charge in [-0.2, -0.15) is 0 Å².